The number of hydrogen-bond donors (Lipinski definition) is 3. The Bertz CT molecular complexity index is 453. The zero-order valence-electron chi connectivity index (χ0n) is 10.6. The van der Waals surface area contributed by atoms with Crippen LogP contribution in [0.15, 0.2) is 24.3 Å². The van der Waals surface area contributed by atoms with E-state index in [0.717, 1.165) is 13.1 Å². The Morgan fingerprint density at radius 2 is 1.84 bits per heavy atom. The highest BCUT2D eigenvalue weighted by Crippen LogP contribution is 2.11. The van der Waals surface area contributed by atoms with Gasteiger partial charge in [0, 0.05) is 31.9 Å². The molecule has 1 aliphatic heterocycles. The Labute approximate surface area is 111 Å². The van der Waals surface area contributed by atoms with Gasteiger partial charge in [-0.25, -0.2) is 4.79 Å². The first kappa shape index (κ1) is 13.4. The van der Waals surface area contributed by atoms with Gasteiger partial charge in [0.05, 0.1) is 6.42 Å². The van der Waals surface area contributed by atoms with Crippen molar-refractivity contribution in [2.24, 2.45) is 0 Å². The standard InChI is InChI=1S/C13H17N3O3/c17-12(18)9-10-1-3-11(4-2-10)15-13(19)16-7-5-14-6-8-16/h1-4,14H,5-9H2,(H,15,19)(H,17,18). The number of nitrogens with one attached hydrogen (secondary N) is 2. The van der Waals surface area contributed by atoms with Gasteiger partial charge in [0.2, 0.25) is 0 Å². The zero-order chi connectivity index (χ0) is 13.7. The monoisotopic (exact) mass is 263 g/mol. The molecule has 1 heterocycles. The minimum absolute atomic E-state index is 0.00792. The molecule has 6 nitrogen and oxygen atoms in total. The lowest BCUT2D eigenvalue weighted by Gasteiger charge is -2.27. The van der Waals surface area contributed by atoms with Crippen LogP contribution in [0.2, 0.25) is 0 Å². The maximum atomic E-state index is 11.9. The summed E-state index contributed by atoms with van der Waals surface area (Å²) >= 11 is 0. The van der Waals surface area contributed by atoms with Crippen LogP contribution in [0.25, 0.3) is 0 Å². The molecule has 1 aliphatic rings. The highest BCUT2D eigenvalue weighted by atomic mass is 16.4. The molecule has 0 unspecified atom stereocenters. The number of piperazine rings is 1. The highest BCUT2D eigenvalue weighted by Gasteiger charge is 2.15. The van der Waals surface area contributed by atoms with Crippen molar-refractivity contribution in [1.29, 1.82) is 0 Å². The molecule has 3 N–H and O–H groups in total. The van der Waals surface area contributed by atoms with E-state index in [2.05, 4.69) is 10.6 Å². The van der Waals surface area contributed by atoms with Crippen molar-refractivity contribution in [3.8, 4) is 0 Å². The lowest BCUT2D eigenvalue weighted by atomic mass is 10.1. The third-order valence-corrected chi connectivity index (χ3v) is 2.96. The molecular formula is C13H17N3O3. The minimum atomic E-state index is -0.863. The third kappa shape index (κ3) is 3.96. The molecular weight excluding hydrogens is 246 g/mol. The topological polar surface area (TPSA) is 81.7 Å². The summed E-state index contributed by atoms with van der Waals surface area (Å²) < 4.78 is 0. The average molecular weight is 263 g/mol. The molecule has 102 valence electrons. The average Bonchev–Trinajstić information content (AvgIpc) is 2.41. The van der Waals surface area contributed by atoms with Gasteiger partial charge in [0.15, 0.2) is 0 Å². The van der Waals surface area contributed by atoms with E-state index in [-0.39, 0.29) is 12.5 Å². The predicted molar refractivity (Wildman–Crippen MR) is 71.2 cm³/mol. The summed E-state index contributed by atoms with van der Waals surface area (Å²) in [7, 11) is 0. The van der Waals surface area contributed by atoms with Crippen LogP contribution in [0, 0.1) is 0 Å². The van der Waals surface area contributed by atoms with Crippen LogP contribution in [0.4, 0.5) is 10.5 Å². The van der Waals surface area contributed by atoms with Crippen molar-refractivity contribution in [1.82, 2.24) is 10.2 Å². The molecule has 6 heteroatoms. The van der Waals surface area contributed by atoms with E-state index in [1.807, 2.05) is 0 Å². The van der Waals surface area contributed by atoms with E-state index in [0.29, 0.717) is 24.3 Å². The Morgan fingerprint density at radius 3 is 2.42 bits per heavy atom. The van der Waals surface area contributed by atoms with Crippen LogP contribution >= 0.6 is 0 Å². The number of nitrogens with zero attached hydrogens (tertiary/aromatic N) is 1. The number of anilines is 1. The second kappa shape index (κ2) is 6.19. The van der Waals surface area contributed by atoms with E-state index >= 15 is 0 Å². The van der Waals surface area contributed by atoms with Crippen LogP contribution in [-0.4, -0.2) is 48.2 Å². The largest absolute Gasteiger partial charge is 0.481 e. The molecule has 19 heavy (non-hydrogen) atoms. The fourth-order valence-electron chi connectivity index (χ4n) is 1.95. The quantitative estimate of drug-likeness (QED) is 0.751. The molecule has 0 saturated carbocycles. The number of amides is 2. The number of carboxylic acid groups (broad SMARTS) is 1. The Morgan fingerprint density at radius 1 is 1.21 bits per heavy atom. The van der Waals surface area contributed by atoms with Crippen LogP contribution in [0.3, 0.4) is 0 Å². The molecule has 0 aromatic heterocycles. The van der Waals surface area contributed by atoms with E-state index in [1.54, 1.807) is 29.2 Å². The van der Waals surface area contributed by atoms with Gasteiger partial charge in [-0.1, -0.05) is 12.1 Å². The second-order valence-corrected chi connectivity index (χ2v) is 4.43. The van der Waals surface area contributed by atoms with E-state index in [1.165, 1.54) is 0 Å². The first-order chi connectivity index (χ1) is 9.15. The van der Waals surface area contributed by atoms with Gasteiger partial charge in [-0.2, -0.15) is 0 Å². The lowest BCUT2D eigenvalue weighted by molar-refractivity contribution is -0.136. The van der Waals surface area contributed by atoms with E-state index < -0.39 is 5.97 Å². The molecule has 2 amide bonds. The molecule has 0 spiro atoms. The van der Waals surface area contributed by atoms with Crippen LogP contribution in [-0.2, 0) is 11.2 Å². The number of hydrogen-bond acceptors (Lipinski definition) is 3. The Kier molecular flexibility index (Phi) is 4.35. The van der Waals surface area contributed by atoms with Gasteiger partial charge in [0.25, 0.3) is 0 Å². The molecule has 2 rings (SSSR count). The zero-order valence-corrected chi connectivity index (χ0v) is 10.6. The molecule has 0 bridgehead atoms. The summed E-state index contributed by atoms with van der Waals surface area (Å²) in [6, 6.07) is 6.74. The summed E-state index contributed by atoms with van der Waals surface area (Å²) in [5.74, 6) is -0.863. The first-order valence-electron chi connectivity index (χ1n) is 6.22. The van der Waals surface area contributed by atoms with Gasteiger partial charge >= 0.3 is 12.0 Å². The summed E-state index contributed by atoms with van der Waals surface area (Å²) in [6.07, 6.45) is -0.00792. The molecule has 0 atom stereocenters. The van der Waals surface area contributed by atoms with Gasteiger partial charge in [-0.05, 0) is 17.7 Å². The SMILES string of the molecule is O=C(O)Cc1ccc(NC(=O)N2CCNCC2)cc1. The number of rotatable bonds is 3. The van der Waals surface area contributed by atoms with Crippen LogP contribution in [0.1, 0.15) is 5.56 Å². The molecule has 1 saturated heterocycles. The van der Waals surface area contributed by atoms with Crippen LogP contribution < -0.4 is 10.6 Å². The Balaban J connectivity index is 1.91. The van der Waals surface area contributed by atoms with E-state index in [9.17, 15) is 9.59 Å². The van der Waals surface area contributed by atoms with Gasteiger partial charge in [-0.15, -0.1) is 0 Å². The van der Waals surface area contributed by atoms with Crippen molar-refractivity contribution in [3.63, 3.8) is 0 Å². The van der Waals surface area contributed by atoms with Gasteiger partial charge in [0.1, 0.15) is 0 Å². The second-order valence-electron chi connectivity index (χ2n) is 4.43. The number of aliphatic carboxylic acids is 1. The number of benzene rings is 1. The Hall–Kier alpha value is -2.08. The highest BCUT2D eigenvalue weighted by molar-refractivity contribution is 5.89. The minimum Gasteiger partial charge on any atom is -0.481 e. The predicted octanol–water partition coefficient (Wildman–Crippen LogP) is 0.751. The molecule has 1 aromatic carbocycles. The van der Waals surface area contributed by atoms with Gasteiger partial charge in [-0.3, -0.25) is 4.79 Å². The third-order valence-electron chi connectivity index (χ3n) is 2.96. The fraction of sp³-hybridized carbons (Fsp3) is 0.385. The van der Waals surface area contributed by atoms with Crippen molar-refractivity contribution in [2.75, 3.05) is 31.5 Å². The smallest absolute Gasteiger partial charge is 0.321 e. The van der Waals surface area contributed by atoms with Gasteiger partial charge < -0.3 is 20.6 Å². The molecule has 1 aromatic rings. The van der Waals surface area contributed by atoms with Crippen molar-refractivity contribution >= 4 is 17.7 Å². The number of carboxylic acids is 1. The maximum Gasteiger partial charge on any atom is 0.321 e. The molecule has 0 radical (unpaired) electrons. The van der Waals surface area contributed by atoms with E-state index in [4.69, 9.17) is 5.11 Å². The lowest BCUT2D eigenvalue weighted by Crippen LogP contribution is -2.48. The summed E-state index contributed by atoms with van der Waals surface area (Å²) in [6.45, 7) is 3.02. The van der Waals surface area contributed by atoms with Crippen molar-refractivity contribution in [2.45, 2.75) is 6.42 Å². The van der Waals surface area contributed by atoms with Crippen molar-refractivity contribution in [3.05, 3.63) is 29.8 Å². The normalized spacial score (nSPS) is 15.1. The maximum absolute atomic E-state index is 11.9. The summed E-state index contributed by atoms with van der Waals surface area (Å²) in [5.41, 5.74) is 1.39. The van der Waals surface area contributed by atoms with Crippen LogP contribution in [0.5, 0.6) is 0 Å². The molecule has 0 aliphatic carbocycles. The van der Waals surface area contributed by atoms with Crippen molar-refractivity contribution < 1.29 is 14.7 Å². The first-order valence-corrected chi connectivity index (χ1v) is 6.22. The number of carbonyl (C=O) groups is 2. The molecule has 1 fully saturated rings. The summed E-state index contributed by atoms with van der Waals surface area (Å²) in [5, 5.41) is 14.7. The number of urea groups is 1. The summed E-state index contributed by atoms with van der Waals surface area (Å²) in [4.78, 5) is 24.2. The number of carbonyl (C=O) groups excluding carboxylic acids is 1. The fourth-order valence-corrected chi connectivity index (χ4v) is 1.95.